The number of aromatic nitrogens is 1. The first-order chi connectivity index (χ1) is 13.1. The number of anilines is 1. The fourth-order valence-corrected chi connectivity index (χ4v) is 3.65. The van der Waals surface area contributed by atoms with Crippen molar-refractivity contribution < 1.29 is 9.59 Å². The van der Waals surface area contributed by atoms with Crippen molar-refractivity contribution in [2.75, 3.05) is 11.9 Å². The lowest BCUT2D eigenvalue weighted by Gasteiger charge is -2.37. The van der Waals surface area contributed by atoms with Crippen LogP contribution in [-0.4, -0.2) is 27.8 Å². The molecule has 2 heterocycles. The Morgan fingerprint density at radius 2 is 1.67 bits per heavy atom. The van der Waals surface area contributed by atoms with Gasteiger partial charge in [-0.15, -0.1) is 0 Å². The first kappa shape index (κ1) is 17.1. The highest BCUT2D eigenvalue weighted by atomic mass is 16.2. The van der Waals surface area contributed by atoms with Crippen molar-refractivity contribution in [2.24, 2.45) is 0 Å². The molecule has 0 saturated carbocycles. The van der Waals surface area contributed by atoms with E-state index in [-0.39, 0.29) is 17.9 Å². The first-order valence-corrected chi connectivity index (χ1v) is 9.02. The largest absolute Gasteiger partial charge is 0.348 e. The molecular weight excluding hydrogens is 338 g/mol. The Balaban J connectivity index is 1.67. The van der Waals surface area contributed by atoms with Crippen molar-refractivity contribution in [1.29, 1.82) is 0 Å². The lowest BCUT2D eigenvalue weighted by molar-refractivity contribution is -0.114. The number of benzene rings is 2. The summed E-state index contributed by atoms with van der Waals surface area (Å²) in [5.74, 6) is -0.138. The maximum atomic E-state index is 13.3. The van der Waals surface area contributed by atoms with Crippen molar-refractivity contribution in [2.45, 2.75) is 19.5 Å². The van der Waals surface area contributed by atoms with Crippen molar-refractivity contribution in [3.05, 3.63) is 89.7 Å². The zero-order chi connectivity index (χ0) is 18.8. The third-order valence-electron chi connectivity index (χ3n) is 4.87. The summed E-state index contributed by atoms with van der Waals surface area (Å²) >= 11 is 0. The number of hydrogen-bond donors (Lipinski definition) is 1. The summed E-state index contributed by atoms with van der Waals surface area (Å²) in [6.07, 6.45) is 2.06. The van der Waals surface area contributed by atoms with Crippen LogP contribution in [0.1, 0.15) is 34.6 Å². The van der Waals surface area contributed by atoms with Gasteiger partial charge in [0.05, 0.1) is 6.04 Å². The molecule has 1 aliphatic heterocycles. The molecule has 1 unspecified atom stereocenters. The van der Waals surface area contributed by atoms with Gasteiger partial charge in [0.2, 0.25) is 5.91 Å². The minimum atomic E-state index is -0.130. The fraction of sp³-hybridized carbons (Fsp3) is 0.182. The minimum absolute atomic E-state index is 0.00863. The van der Waals surface area contributed by atoms with Crippen molar-refractivity contribution in [1.82, 2.24) is 9.47 Å². The van der Waals surface area contributed by atoms with Crippen LogP contribution < -0.4 is 5.32 Å². The van der Waals surface area contributed by atoms with Crippen LogP contribution >= 0.6 is 0 Å². The van der Waals surface area contributed by atoms with E-state index in [0.29, 0.717) is 17.8 Å². The van der Waals surface area contributed by atoms with Crippen LogP contribution in [0.4, 0.5) is 5.69 Å². The molecule has 27 heavy (non-hydrogen) atoms. The molecule has 0 saturated heterocycles. The summed E-state index contributed by atoms with van der Waals surface area (Å²) in [5, 5.41) is 2.73. The van der Waals surface area contributed by atoms with E-state index in [0.717, 1.165) is 17.8 Å². The number of nitrogens with one attached hydrogen (secondary N) is 1. The lowest BCUT2D eigenvalue weighted by atomic mass is 9.99. The second-order valence-electron chi connectivity index (χ2n) is 6.70. The molecule has 1 N–H and O–H groups in total. The molecule has 4 rings (SSSR count). The second-order valence-corrected chi connectivity index (χ2v) is 6.70. The lowest BCUT2D eigenvalue weighted by Crippen LogP contribution is -2.42. The van der Waals surface area contributed by atoms with Crippen LogP contribution in [0.25, 0.3) is 0 Å². The average Bonchev–Trinajstić information content (AvgIpc) is 3.16. The van der Waals surface area contributed by atoms with Crippen molar-refractivity contribution >= 4 is 17.5 Å². The van der Waals surface area contributed by atoms with E-state index in [1.54, 1.807) is 24.3 Å². The Kier molecular flexibility index (Phi) is 4.50. The predicted molar refractivity (Wildman–Crippen MR) is 104 cm³/mol. The zero-order valence-electron chi connectivity index (χ0n) is 15.1. The van der Waals surface area contributed by atoms with Gasteiger partial charge in [-0.1, -0.05) is 30.3 Å². The van der Waals surface area contributed by atoms with Gasteiger partial charge >= 0.3 is 0 Å². The Morgan fingerprint density at radius 1 is 0.926 bits per heavy atom. The summed E-state index contributed by atoms with van der Waals surface area (Å²) in [4.78, 5) is 26.4. The molecule has 0 radical (unpaired) electrons. The molecule has 0 aliphatic carbocycles. The minimum Gasteiger partial charge on any atom is -0.348 e. The molecule has 3 aromatic rings. The maximum Gasteiger partial charge on any atom is 0.254 e. The number of carbonyl (C=O) groups excluding carboxylic acids is 2. The normalized spacial score (nSPS) is 15.9. The highest BCUT2D eigenvalue weighted by Gasteiger charge is 2.32. The van der Waals surface area contributed by atoms with Crippen LogP contribution in [0.2, 0.25) is 0 Å². The van der Waals surface area contributed by atoms with Gasteiger partial charge in [-0.3, -0.25) is 9.59 Å². The number of carbonyl (C=O) groups is 2. The first-order valence-electron chi connectivity index (χ1n) is 9.02. The smallest absolute Gasteiger partial charge is 0.254 e. The SMILES string of the molecule is CC(=O)Nc1ccc(C(=O)N2CCn3cccc3C2c2ccccc2)cc1. The molecule has 1 aromatic heterocycles. The Morgan fingerprint density at radius 3 is 2.37 bits per heavy atom. The van der Waals surface area contributed by atoms with E-state index < -0.39 is 0 Å². The number of amides is 2. The quantitative estimate of drug-likeness (QED) is 0.775. The van der Waals surface area contributed by atoms with Gasteiger partial charge in [-0.05, 0) is 42.0 Å². The highest BCUT2D eigenvalue weighted by molar-refractivity contribution is 5.96. The number of rotatable bonds is 3. The van der Waals surface area contributed by atoms with E-state index in [4.69, 9.17) is 0 Å². The van der Waals surface area contributed by atoms with Crippen LogP contribution in [0.15, 0.2) is 72.9 Å². The third-order valence-corrected chi connectivity index (χ3v) is 4.87. The monoisotopic (exact) mass is 359 g/mol. The van der Waals surface area contributed by atoms with E-state index in [2.05, 4.69) is 34.3 Å². The molecule has 0 bridgehead atoms. The van der Waals surface area contributed by atoms with Crippen LogP contribution in [0.5, 0.6) is 0 Å². The second kappa shape index (κ2) is 7.11. The molecule has 1 atom stereocenters. The average molecular weight is 359 g/mol. The van der Waals surface area contributed by atoms with E-state index in [9.17, 15) is 9.59 Å². The predicted octanol–water partition coefficient (Wildman–Crippen LogP) is 3.69. The summed E-state index contributed by atoms with van der Waals surface area (Å²) in [5.41, 5.74) is 3.52. The molecule has 0 fully saturated rings. The Hall–Kier alpha value is -3.34. The van der Waals surface area contributed by atoms with Gasteiger partial charge in [0.1, 0.15) is 0 Å². The van der Waals surface area contributed by atoms with Gasteiger partial charge in [-0.2, -0.15) is 0 Å². The summed E-state index contributed by atoms with van der Waals surface area (Å²) in [7, 11) is 0. The van der Waals surface area contributed by atoms with Gasteiger partial charge in [0.25, 0.3) is 5.91 Å². The van der Waals surface area contributed by atoms with Gasteiger partial charge < -0.3 is 14.8 Å². The van der Waals surface area contributed by atoms with Gasteiger partial charge in [0.15, 0.2) is 0 Å². The van der Waals surface area contributed by atoms with Crippen molar-refractivity contribution in [3.8, 4) is 0 Å². The maximum absolute atomic E-state index is 13.3. The molecule has 0 spiro atoms. The Labute approximate surface area is 158 Å². The molecule has 5 nitrogen and oxygen atoms in total. The third kappa shape index (κ3) is 3.36. The molecule has 1 aliphatic rings. The number of fused-ring (bicyclic) bond motifs is 1. The summed E-state index contributed by atoms with van der Waals surface area (Å²) in [6.45, 7) is 2.89. The molecule has 2 aromatic carbocycles. The number of nitrogens with zero attached hydrogens (tertiary/aromatic N) is 2. The van der Waals surface area contributed by atoms with Crippen LogP contribution in [-0.2, 0) is 11.3 Å². The van der Waals surface area contributed by atoms with Crippen molar-refractivity contribution in [3.63, 3.8) is 0 Å². The van der Waals surface area contributed by atoms with Gasteiger partial charge in [0, 0.05) is 43.2 Å². The van der Waals surface area contributed by atoms with E-state index >= 15 is 0 Å². The molecule has 136 valence electrons. The molecular formula is C22H21N3O2. The van der Waals surface area contributed by atoms with Crippen LogP contribution in [0.3, 0.4) is 0 Å². The van der Waals surface area contributed by atoms with E-state index in [1.807, 2.05) is 29.2 Å². The molecule has 5 heteroatoms. The summed E-state index contributed by atoms with van der Waals surface area (Å²) < 4.78 is 2.21. The highest BCUT2D eigenvalue weighted by Crippen LogP contribution is 2.33. The fourth-order valence-electron chi connectivity index (χ4n) is 3.65. The number of hydrogen-bond acceptors (Lipinski definition) is 2. The zero-order valence-corrected chi connectivity index (χ0v) is 15.1. The topological polar surface area (TPSA) is 54.3 Å². The summed E-state index contributed by atoms with van der Waals surface area (Å²) in [6, 6.07) is 21.2. The standard InChI is InChI=1S/C22H21N3O2/c1-16(26)23-19-11-9-18(10-12-19)22(27)25-15-14-24-13-5-8-20(24)21(25)17-6-3-2-4-7-17/h2-13,21H,14-15H2,1H3,(H,23,26). The molecule has 2 amide bonds. The van der Waals surface area contributed by atoms with Gasteiger partial charge in [-0.25, -0.2) is 0 Å². The Bertz CT molecular complexity index is 961. The van der Waals surface area contributed by atoms with E-state index in [1.165, 1.54) is 6.92 Å². The van der Waals surface area contributed by atoms with Crippen LogP contribution in [0, 0.1) is 0 Å².